The fourth-order valence-electron chi connectivity index (χ4n) is 3.76. The van der Waals surface area contributed by atoms with Gasteiger partial charge in [0.2, 0.25) is 0 Å². The predicted molar refractivity (Wildman–Crippen MR) is 107 cm³/mol. The highest BCUT2D eigenvalue weighted by Crippen LogP contribution is 2.36. The first kappa shape index (κ1) is 25.2. The lowest BCUT2D eigenvalue weighted by molar-refractivity contribution is -0.170. The van der Waals surface area contributed by atoms with Gasteiger partial charge < -0.3 is 20.9 Å². The molecular formula is C21H40F2N2O3. The van der Waals surface area contributed by atoms with Gasteiger partial charge in [0.25, 0.3) is 5.92 Å². The third kappa shape index (κ3) is 8.29. The second kappa shape index (κ2) is 10.8. The van der Waals surface area contributed by atoms with Crippen molar-refractivity contribution in [3.8, 4) is 0 Å². The molecule has 5 nitrogen and oxygen atoms in total. The maximum absolute atomic E-state index is 14.6. The standard InChI is InChI=1S/C21H40F2N2O3/c1-14(2)11-12-25-13-21(22,23)18(26)17(24)16(15-9-7-6-8-10-15)19(27)28-20(3,4)5/h14-18,25-26H,6-13,24H2,1-5H3. The smallest absolute Gasteiger partial charge is 0.311 e. The third-order valence-electron chi connectivity index (χ3n) is 5.31. The van der Waals surface area contributed by atoms with E-state index < -0.39 is 42.1 Å². The molecule has 0 spiro atoms. The molecule has 0 radical (unpaired) electrons. The highest BCUT2D eigenvalue weighted by molar-refractivity contribution is 5.74. The first-order valence-corrected chi connectivity index (χ1v) is 10.6. The van der Waals surface area contributed by atoms with Crippen molar-refractivity contribution in [1.29, 1.82) is 0 Å². The summed E-state index contributed by atoms with van der Waals surface area (Å²) < 4.78 is 34.6. The summed E-state index contributed by atoms with van der Waals surface area (Å²) in [5.41, 5.74) is 5.35. The van der Waals surface area contributed by atoms with Crippen molar-refractivity contribution in [2.45, 2.75) is 96.8 Å². The second-order valence-electron chi connectivity index (χ2n) is 9.60. The summed E-state index contributed by atoms with van der Waals surface area (Å²) in [6.07, 6.45) is 3.05. The molecule has 0 aliphatic heterocycles. The van der Waals surface area contributed by atoms with E-state index in [2.05, 4.69) is 5.32 Å². The van der Waals surface area contributed by atoms with Gasteiger partial charge in [-0.2, -0.15) is 0 Å². The van der Waals surface area contributed by atoms with Crippen molar-refractivity contribution in [3.63, 3.8) is 0 Å². The Morgan fingerprint density at radius 1 is 1.21 bits per heavy atom. The van der Waals surface area contributed by atoms with Crippen molar-refractivity contribution in [2.75, 3.05) is 13.1 Å². The molecule has 3 atom stereocenters. The van der Waals surface area contributed by atoms with E-state index in [1.165, 1.54) is 0 Å². The summed E-state index contributed by atoms with van der Waals surface area (Å²) >= 11 is 0. The number of carbonyl (C=O) groups is 1. The van der Waals surface area contributed by atoms with Gasteiger partial charge >= 0.3 is 5.97 Å². The summed E-state index contributed by atoms with van der Waals surface area (Å²) in [6.45, 7) is 9.00. The molecular weight excluding hydrogens is 366 g/mol. The number of ether oxygens (including phenoxy) is 1. The Morgan fingerprint density at radius 3 is 2.29 bits per heavy atom. The SMILES string of the molecule is CC(C)CCNCC(F)(F)C(O)C(N)C(C(=O)OC(C)(C)C)C1CCCCC1. The molecule has 1 fully saturated rings. The molecule has 0 aromatic rings. The largest absolute Gasteiger partial charge is 0.460 e. The number of esters is 1. The van der Waals surface area contributed by atoms with Gasteiger partial charge in [0, 0.05) is 0 Å². The van der Waals surface area contributed by atoms with Crippen LogP contribution >= 0.6 is 0 Å². The molecule has 1 rings (SSSR count). The van der Waals surface area contributed by atoms with E-state index in [-0.39, 0.29) is 5.92 Å². The summed E-state index contributed by atoms with van der Waals surface area (Å²) in [5.74, 6) is -4.69. The van der Waals surface area contributed by atoms with E-state index in [0.717, 1.165) is 38.5 Å². The van der Waals surface area contributed by atoms with Gasteiger partial charge in [-0.05, 0) is 58.4 Å². The summed E-state index contributed by atoms with van der Waals surface area (Å²) in [5, 5.41) is 13.1. The highest BCUT2D eigenvalue weighted by atomic mass is 19.3. The zero-order chi connectivity index (χ0) is 21.5. The number of carbonyl (C=O) groups excluding carboxylic acids is 1. The van der Waals surface area contributed by atoms with Gasteiger partial charge in [0.15, 0.2) is 0 Å². The topological polar surface area (TPSA) is 84.6 Å². The van der Waals surface area contributed by atoms with Crippen molar-refractivity contribution in [1.82, 2.24) is 5.32 Å². The van der Waals surface area contributed by atoms with Crippen LogP contribution in [0.4, 0.5) is 8.78 Å². The van der Waals surface area contributed by atoms with Gasteiger partial charge in [-0.15, -0.1) is 0 Å². The number of rotatable bonds is 10. The first-order chi connectivity index (χ1) is 12.8. The van der Waals surface area contributed by atoms with Crippen LogP contribution in [0.5, 0.6) is 0 Å². The molecule has 0 bridgehead atoms. The Morgan fingerprint density at radius 2 is 1.79 bits per heavy atom. The zero-order valence-electron chi connectivity index (χ0n) is 18.1. The molecule has 4 N–H and O–H groups in total. The number of hydrogen-bond acceptors (Lipinski definition) is 5. The lowest BCUT2D eigenvalue weighted by Crippen LogP contribution is -2.58. The molecule has 0 heterocycles. The molecule has 0 amide bonds. The highest BCUT2D eigenvalue weighted by Gasteiger charge is 2.48. The zero-order valence-corrected chi connectivity index (χ0v) is 18.1. The van der Waals surface area contributed by atoms with Gasteiger partial charge in [0.1, 0.15) is 11.7 Å². The van der Waals surface area contributed by atoms with Gasteiger partial charge in [-0.3, -0.25) is 4.79 Å². The Kier molecular flexibility index (Phi) is 9.77. The number of nitrogens with two attached hydrogens (primary N) is 1. The van der Waals surface area contributed by atoms with Crippen LogP contribution < -0.4 is 11.1 Å². The van der Waals surface area contributed by atoms with Crippen molar-refractivity contribution < 1.29 is 23.4 Å². The Hall–Kier alpha value is -0.790. The van der Waals surface area contributed by atoms with Crippen molar-refractivity contribution in [3.05, 3.63) is 0 Å². The molecule has 1 saturated carbocycles. The fourth-order valence-corrected chi connectivity index (χ4v) is 3.76. The first-order valence-electron chi connectivity index (χ1n) is 10.6. The van der Waals surface area contributed by atoms with Crippen LogP contribution in [0.15, 0.2) is 0 Å². The molecule has 7 heteroatoms. The van der Waals surface area contributed by atoms with E-state index in [1.807, 2.05) is 13.8 Å². The van der Waals surface area contributed by atoms with Crippen LogP contribution in [-0.4, -0.2) is 47.8 Å². The van der Waals surface area contributed by atoms with E-state index in [9.17, 15) is 18.7 Å². The third-order valence-corrected chi connectivity index (χ3v) is 5.31. The van der Waals surface area contributed by atoms with Gasteiger partial charge in [-0.1, -0.05) is 33.1 Å². The Labute approximate surface area is 168 Å². The molecule has 1 aliphatic carbocycles. The van der Waals surface area contributed by atoms with E-state index in [0.29, 0.717) is 12.5 Å². The summed E-state index contributed by atoms with van der Waals surface area (Å²) in [4.78, 5) is 12.8. The van der Waals surface area contributed by atoms with Crippen LogP contribution in [0, 0.1) is 17.8 Å². The van der Waals surface area contributed by atoms with Crippen LogP contribution in [0.2, 0.25) is 0 Å². The van der Waals surface area contributed by atoms with Crippen LogP contribution in [-0.2, 0) is 9.53 Å². The molecule has 1 aliphatic rings. The predicted octanol–water partition coefficient (Wildman–Crippen LogP) is 3.48. The number of halogens is 2. The van der Waals surface area contributed by atoms with Crippen molar-refractivity contribution >= 4 is 5.97 Å². The fraction of sp³-hybridized carbons (Fsp3) is 0.952. The molecule has 166 valence electrons. The summed E-state index contributed by atoms with van der Waals surface area (Å²) in [6, 6.07) is -1.38. The minimum Gasteiger partial charge on any atom is -0.460 e. The maximum atomic E-state index is 14.6. The normalized spacial score (nSPS) is 20.1. The lowest BCUT2D eigenvalue weighted by atomic mass is 9.74. The monoisotopic (exact) mass is 406 g/mol. The van der Waals surface area contributed by atoms with E-state index >= 15 is 0 Å². The quantitative estimate of drug-likeness (QED) is 0.382. The van der Waals surface area contributed by atoms with E-state index in [4.69, 9.17) is 10.5 Å². The van der Waals surface area contributed by atoms with Gasteiger partial charge in [0.05, 0.1) is 18.5 Å². The minimum absolute atomic E-state index is 0.141. The number of hydrogen-bond donors (Lipinski definition) is 3. The molecule has 0 aromatic carbocycles. The molecule has 28 heavy (non-hydrogen) atoms. The van der Waals surface area contributed by atoms with Crippen LogP contribution in [0.1, 0.15) is 73.1 Å². The molecule has 0 saturated heterocycles. The number of aliphatic hydroxyl groups is 1. The van der Waals surface area contributed by atoms with Crippen LogP contribution in [0.3, 0.4) is 0 Å². The minimum atomic E-state index is -3.43. The second-order valence-corrected chi connectivity index (χ2v) is 9.60. The van der Waals surface area contributed by atoms with E-state index in [1.54, 1.807) is 20.8 Å². The maximum Gasteiger partial charge on any atom is 0.311 e. The Balaban J connectivity index is 2.87. The van der Waals surface area contributed by atoms with Crippen molar-refractivity contribution in [2.24, 2.45) is 23.5 Å². The molecule has 3 unspecified atom stereocenters. The number of aliphatic hydroxyl groups excluding tert-OH is 1. The lowest BCUT2D eigenvalue weighted by Gasteiger charge is -2.38. The van der Waals surface area contributed by atoms with Crippen LogP contribution in [0.25, 0.3) is 0 Å². The molecule has 0 aromatic heterocycles. The van der Waals surface area contributed by atoms with Gasteiger partial charge in [-0.25, -0.2) is 8.78 Å². The average Bonchev–Trinajstić information content (AvgIpc) is 2.57. The summed E-state index contributed by atoms with van der Waals surface area (Å²) in [7, 11) is 0. The Bertz CT molecular complexity index is 475. The number of alkyl halides is 2. The number of nitrogens with one attached hydrogen (secondary N) is 1. The average molecular weight is 407 g/mol.